The first kappa shape index (κ1) is 15.1. The topological polar surface area (TPSA) is 55.3 Å². The Morgan fingerprint density at radius 1 is 1.50 bits per heavy atom. The summed E-state index contributed by atoms with van der Waals surface area (Å²) in [5.41, 5.74) is 0.520. The number of rotatable bonds is 2. The van der Waals surface area contributed by atoms with Gasteiger partial charge in [0, 0.05) is 30.2 Å². The van der Waals surface area contributed by atoms with Crippen LogP contribution >= 0.6 is 11.8 Å². The van der Waals surface area contributed by atoms with Crippen molar-refractivity contribution in [2.75, 3.05) is 13.1 Å². The quantitative estimate of drug-likeness (QED) is 0.785. The molecule has 2 rings (SSSR count). The van der Waals surface area contributed by atoms with Gasteiger partial charge in [0.15, 0.2) is 5.16 Å². The van der Waals surface area contributed by atoms with Gasteiger partial charge < -0.3 is 9.64 Å². The van der Waals surface area contributed by atoms with Gasteiger partial charge in [-0.1, -0.05) is 11.8 Å². The third-order valence-electron chi connectivity index (χ3n) is 2.84. The summed E-state index contributed by atoms with van der Waals surface area (Å²) >= 11 is 1.63. The summed E-state index contributed by atoms with van der Waals surface area (Å²) in [6, 6.07) is 1.88. The molecule has 0 spiro atoms. The summed E-state index contributed by atoms with van der Waals surface area (Å²) in [6.45, 7) is 9.03. The molecule has 0 aromatic carbocycles. The Kier molecular flexibility index (Phi) is 4.52. The molecular formula is C14H21N3O2S. The van der Waals surface area contributed by atoms with Crippen molar-refractivity contribution < 1.29 is 9.53 Å². The van der Waals surface area contributed by atoms with E-state index in [1.807, 2.05) is 33.8 Å². The van der Waals surface area contributed by atoms with E-state index in [-0.39, 0.29) is 6.09 Å². The monoisotopic (exact) mass is 295 g/mol. The van der Waals surface area contributed by atoms with E-state index in [1.165, 1.54) is 0 Å². The maximum Gasteiger partial charge on any atom is 0.410 e. The number of aryl methyl sites for hydroxylation is 1. The smallest absolute Gasteiger partial charge is 0.410 e. The number of hydrogen-bond acceptors (Lipinski definition) is 5. The Morgan fingerprint density at radius 2 is 2.25 bits per heavy atom. The number of aromatic nitrogens is 2. The highest BCUT2D eigenvalue weighted by molar-refractivity contribution is 7.99. The molecule has 20 heavy (non-hydrogen) atoms. The Labute approximate surface area is 124 Å². The molecule has 1 saturated heterocycles. The molecule has 0 unspecified atom stereocenters. The first-order chi connectivity index (χ1) is 9.33. The minimum atomic E-state index is -0.442. The number of nitrogens with zero attached hydrogens (tertiary/aromatic N) is 3. The van der Waals surface area contributed by atoms with E-state index in [1.54, 1.807) is 22.9 Å². The average Bonchev–Trinajstić information content (AvgIpc) is 2.75. The Bertz CT molecular complexity index is 488. The van der Waals surface area contributed by atoms with Gasteiger partial charge >= 0.3 is 6.09 Å². The third kappa shape index (κ3) is 4.37. The van der Waals surface area contributed by atoms with E-state index in [9.17, 15) is 4.79 Å². The van der Waals surface area contributed by atoms with Crippen LogP contribution in [0.5, 0.6) is 0 Å². The lowest BCUT2D eigenvalue weighted by atomic mass is 10.2. The van der Waals surface area contributed by atoms with Crippen LogP contribution in [-0.4, -0.2) is 44.9 Å². The molecule has 1 aromatic heterocycles. The first-order valence-corrected chi connectivity index (χ1v) is 7.66. The van der Waals surface area contributed by atoms with Crippen LogP contribution < -0.4 is 0 Å². The lowest BCUT2D eigenvalue weighted by Gasteiger charge is -2.24. The van der Waals surface area contributed by atoms with Crippen LogP contribution in [0.2, 0.25) is 0 Å². The van der Waals surface area contributed by atoms with Crippen molar-refractivity contribution >= 4 is 17.9 Å². The third-order valence-corrected chi connectivity index (χ3v) is 3.97. The van der Waals surface area contributed by atoms with Crippen molar-refractivity contribution in [3.05, 3.63) is 18.0 Å². The molecule has 6 heteroatoms. The molecular weight excluding hydrogens is 274 g/mol. The fourth-order valence-electron chi connectivity index (χ4n) is 1.95. The fourth-order valence-corrected chi connectivity index (χ4v) is 3.04. The van der Waals surface area contributed by atoms with Crippen LogP contribution in [0.25, 0.3) is 0 Å². The van der Waals surface area contributed by atoms with Gasteiger partial charge in [-0.05, 0) is 40.2 Å². The molecule has 5 nitrogen and oxygen atoms in total. The number of thioether (sulfide) groups is 1. The summed E-state index contributed by atoms with van der Waals surface area (Å²) in [6.07, 6.45) is 2.48. The van der Waals surface area contributed by atoms with Gasteiger partial charge in [-0.15, -0.1) is 0 Å². The zero-order chi connectivity index (χ0) is 14.8. The van der Waals surface area contributed by atoms with Crippen LogP contribution in [0.3, 0.4) is 0 Å². The predicted octanol–water partition coefficient (Wildman–Crippen LogP) is 2.89. The van der Waals surface area contributed by atoms with Gasteiger partial charge in [-0.25, -0.2) is 14.8 Å². The van der Waals surface area contributed by atoms with Crippen molar-refractivity contribution in [2.45, 2.75) is 50.1 Å². The number of carbonyl (C=O) groups excluding carboxylic acids is 1. The van der Waals surface area contributed by atoms with Crippen LogP contribution in [0, 0.1) is 6.92 Å². The second-order valence-electron chi connectivity index (χ2n) is 5.94. The van der Waals surface area contributed by atoms with Crippen LogP contribution in [-0.2, 0) is 4.74 Å². The standard InChI is InChI=1S/C14H21N3O2S/c1-10-5-7-15-12(16-10)20-11-6-8-17(9-11)13(18)19-14(2,3)4/h5,7,11H,6,8-9H2,1-4H3/t11-/m0/s1. The summed E-state index contributed by atoms with van der Waals surface area (Å²) in [4.78, 5) is 22.4. The van der Waals surface area contributed by atoms with Gasteiger partial charge in [0.2, 0.25) is 0 Å². The molecule has 0 N–H and O–H groups in total. The maximum absolute atomic E-state index is 12.0. The highest BCUT2D eigenvalue weighted by Gasteiger charge is 2.30. The second-order valence-corrected chi connectivity index (χ2v) is 7.20. The minimum absolute atomic E-state index is 0.231. The van der Waals surface area contributed by atoms with Gasteiger partial charge in [0.25, 0.3) is 0 Å². The minimum Gasteiger partial charge on any atom is -0.444 e. The van der Waals surface area contributed by atoms with Gasteiger partial charge in [0.1, 0.15) is 5.60 Å². The lowest BCUT2D eigenvalue weighted by Crippen LogP contribution is -2.35. The Balaban J connectivity index is 1.88. The Morgan fingerprint density at radius 3 is 2.90 bits per heavy atom. The molecule has 1 atom stereocenters. The maximum atomic E-state index is 12.0. The molecule has 0 saturated carbocycles. The predicted molar refractivity (Wildman–Crippen MR) is 78.8 cm³/mol. The largest absolute Gasteiger partial charge is 0.444 e. The first-order valence-electron chi connectivity index (χ1n) is 6.78. The van der Waals surface area contributed by atoms with E-state index in [0.29, 0.717) is 11.8 Å². The molecule has 2 heterocycles. The zero-order valence-corrected chi connectivity index (χ0v) is 13.2. The zero-order valence-electron chi connectivity index (χ0n) is 12.4. The molecule has 0 aliphatic carbocycles. The molecule has 1 aliphatic heterocycles. The number of ether oxygens (including phenoxy) is 1. The molecule has 1 fully saturated rings. The van der Waals surface area contributed by atoms with Gasteiger partial charge in [-0.2, -0.15) is 0 Å². The second kappa shape index (κ2) is 5.99. The van der Waals surface area contributed by atoms with Crippen LogP contribution in [0.15, 0.2) is 17.4 Å². The van der Waals surface area contributed by atoms with Crippen LogP contribution in [0.1, 0.15) is 32.9 Å². The van der Waals surface area contributed by atoms with E-state index in [2.05, 4.69) is 9.97 Å². The summed E-state index contributed by atoms with van der Waals surface area (Å²) in [5.74, 6) is 0. The molecule has 1 aromatic rings. The molecule has 1 amide bonds. The van der Waals surface area contributed by atoms with Crippen molar-refractivity contribution in [3.8, 4) is 0 Å². The Hall–Kier alpha value is -1.30. The normalized spacial score (nSPS) is 19.2. The van der Waals surface area contributed by atoms with E-state index >= 15 is 0 Å². The highest BCUT2D eigenvalue weighted by atomic mass is 32.2. The van der Waals surface area contributed by atoms with Crippen molar-refractivity contribution in [2.24, 2.45) is 0 Å². The number of likely N-dealkylation sites (tertiary alicyclic amines) is 1. The van der Waals surface area contributed by atoms with Gasteiger partial charge in [0.05, 0.1) is 0 Å². The van der Waals surface area contributed by atoms with Crippen molar-refractivity contribution in [1.82, 2.24) is 14.9 Å². The molecule has 1 aliphatic rings. The highest BCUT2D eigenvalue weighted by Crippen LogP contribution is 2.28. The summed E-state index contributed by atoms with van der Waals surface area (Å²) < 4.78 is 5.39. The fraction of sp³-hybridized carbons (Fsp3) is 0.643. The van der Waals surface area contributed by atoms with E-state index in [4.69, 9.17) is 4.74 Å². The summed E-state index contributed by atoms with van der Waals surface area (Å²) in [7, 11) is 0. The van der Waals surface area contributed by atoms with Crippen LogP contribution in [0.4, 0.5) is 4.79 Å². The SMILES string of the molecule is Cc1ccnc(S[C@H]2CCN(C(=O)OC(C)(C)C)C2)n1. The number of amides is 1. The summed E-state index contributed by atoms with van der Waals surface area (Å²) in [5, 5.41) is 1.12. The number of carbonyl (C=O) groups is 1. The molecule has 0 bridgehead atoms. The number of hydrogen-bond donors (Lipinski definition) is 0. The van der Waals surface area contributed by atoms with E-state index < -0.39 is 5.60 Å². The van der Waals surface area contributed by atoms with Crippen molar-refractivity contribution in [3.63, 3.8) is 0 Å². The van der Waals surface area contributed by atoms with E-state index in [0.717, 1.165) is 23.8 Å². The average molecular weight is 295 g/mol. The van der Waals surface area contributed by atoms with Gasteiger partial charge in [-0.3, -0.25) is 0 Å². The molecule has 0 radical (unpaired) electrons. The lowest BCUT2D eigenvalue weighted by molar-refractivity contribution is 0.0295. The molecule has 110 valence electrons. The van der Waals surface area contributed by atoms with Crippen molar-refractivity contribution in [1.29, 1.82) is 0 Å².